The van der Waals surface area contributed by atoms with Crippen LogP contribution in [0.25, 0.3) is 0 Å². The Balaban J connectivity index is 1.64. The molecular formula is C16H17Cl2N7. The predicted octanol–water partition coefficient (Wildman–Crippen LogP) is 3.81. The number of halogens is 2. The normalized spacial score (nSPS) is 10.6. The van der Waals surface area contributed by atoms with Gasteiger partial charge in [-0.15, -0.1) is 0 Å². The number of benzene rings is 1. The second-order valence-corrected chi connectivity index (χ2v) is 6.16. The van der Waals surface area contributed by atoms with E-state index in [2.05, 4.69) is 25.6 Å². The van der Waals surface area contributed by atoms with Gasteiger partial charge in [-0.3, -0.25) is 0 Å². The molecule has 0 radical (unpaired) electrons. The molecule has 0 saturated heterocycles. The predicted molar refractivity (Wildman–Crippen MR) is 102 cm³/mol. The number of aryl methyl sites for hydroxylation is 1. The molecule has 2 heterocycles. The lowest BCUT2D eigenvalue weighted by atomic mass is 10.3. The van der Waals surface area contributed by atoms with Gasteiger partial charge in [-0.05, 0) is 24.6 Å². The molecule has 0 fully saturated rings. The third-order valence-corrected chi connectivity index (χ3v) is 4.07. The quantitative estimate of drug-likeness (QED) is 0.542. The van der Waals surface area contributed by atoms with Crippen LogP contribution in [-0.4, -0.2) is 26.1 Å². The number of nitrogens with two attached hydrogens (primary N) is 1. The van der Waals surface area contributed by atoms with E-state index >= 15 is 0 Å². The summed E-state index contributed by atoms with van der Waals surface area (Å²) in [4.78, 5) is 12.4. The van der Waals surface area contributed by atoms with E-state index < -0.39 is 0 Å². The molecule has 9 heteroatoms. The lowest BCUT2D eigenvalue weighted by Crippen LogP contribution is -2.10. The molecule has 3 rings (SSSR count). The first kappa shape index (κ1) is 17.3. The highest BCUT2D eigenvalue weighted by Gasteiger charge is 2.10. The Morgan fingerprint density at radius 3 is 2.80 bits per heavy atom. The number of hydrogen-bond acceptors (Lipinski definition) is 6. The Bertz CT molecular complexity index is 837. The number of hydrogen-bond donors (Lipinski definition) is 3. The van der Waals surface area contributed by atoms with Crippen molar-refractivity contribution in [3.8, 4) is 0 Å². The highest BCUT2D eigenvalue weighted by molar-refractivity contribution is 6.35. The minimum absolute atomic E-state index is 0.418. The van der Waals surface area contributed by atoms with Crippen LogP contribution in [0.15, 0.2) is 43.2 Å². The van der Waals surface area contributed by atoms with Gasteiger partial charge in [0.15, 0.2) is 11.6 Å². The highest BCUT2D eigenvalue weighted by Crippen LogP contribution is 2.31. The summed E-state index contributed by atoms with van der Waals surface area (Å²) in [5, 5.41) is 7.40. The number of nitrogens with one attached hydrogen (secondary N) is 2. The van der Waals surface area contributed by atoms with Gasteiger partial charge in [0.05, 0.1) is 17.0 Å². The van der Waals surface area contributed by atoms with Crippen LogP contribution in [0.4, 0.5) is 23.0 Å². The van der Waals surface area contributed by atoms with Crippen LogP contribution in [-0.2, 0) is 6.54 Å². The summed E-state index contributed by atoms with van der Waals surface area (Å²) < 4.78 is 2.01. The molecule has 0 amide bonds. The minimum Gasteiger partial charge on any atom is -0.393 e. The molecule has 0 atom stereocenters. The zero-order valence-corrected chi connectivity index (χ0v) is 14.8. The van der Waals surface area contributed by atoms with Crippen molar-refractivity contribution in [2.24, 2.45) is 0 Å². The van der Waals surface area contributed by atoms with Crippen molar-refractivity contribution in [1.29, 1.82) is 0 Å². The van der Waals surface area contributed by atoms with Crippen LogP contribution in [0, 0.1) is 0 Å². The fourth-order valence-corrected chi connectivity index (χ4v) is 2.58. The van der Waals surface area contributed by atoms with Crippen LogP contribution >= 0.6 is 23.2 Å². The SMILES string of the molecule is Nc1c(NCCCn2ccnc2)ncnc1Nc1cc(Cl)ccc1Cl. The maximum absolute atomic E-state index is 6.16. The van der Waals surface area contributed by atoms with Gasteiger partial charge in [0.25, 0.3) is 0 Å². The molecule has 7 nitrogen and oxygen atoms in total. The molecule has 0 unspecified atom stereocenters. The van der Waals surface area contributed by atoms with Crippen molar-refractivity contribution in [3.05, 3.63) is 53.3 Å². The van der Waals surface area contributed by atoms with E-state index in [1.54, 1.807) is 30.7 Å². The maximum Gasteiger partial charge on any atom is 0.159 e. The van der Waals surface area contributed by atoms with Crippen molar-refractivity contribution in [3.63, 3.8) is 0 Å². The van der Waals surface area contributed by atoms with Gasteiger partial charge < -0.3 is 20.9 Å². The monoisotopic (exact) mass is 377 g/mol. The van der Waals surface area contributed by atoms with Gasteiger partial charge in [0, 0.05) is 30.5 Å². The first-order valence-corrected chi connectivity index (χ1v) is 8.41. The van der Waals surface area contributed by atoms with Gasteiger partial charge in [-0.25, -0.2) is 15.0 Å². The van der Waals surface area contributed by atoms with E-state index in [1.807, 2.05) is 10.8 Å². The molecule has 0 aliphatic rings. The molecule has 1 aromatic carbocycles. The van der Waals surface area contributed by atoms with Crippen molar-refractivity contribution >= 4 is 46.2 Å². The molecule has 0 bridgehead atoms. The largest absolute Gasteiger partial charge is 0.393 e. The summed E-state index contributed by atoms with van der Waals surface area (Å²) in [6, 6.07) is 5.13. The molecule has 0 spiro atoms. The lowest BCUT2D eigenvalue weighted by molar-refractivity contribution is 0.660. The van der Waals surface area contributed by atoms with Crippen LogP contribution in [0.5, 0.6) is 0 Å². The zero-order valence-electron chi connectivity index (χ0n) is 13.3. The van der Waals surface area contributed by atoms with Crippen LogP contribution in [0.2, 0.25) is 10.0 Å². The summed E-state index contributed by atoms with van der Waals surface area (Å²) in [6.07, 6.45) is 7.82. The summed E-state index contributed by atoms with van der Waals surface area (Å²) in [5.41, 5.74) is 7.20. The summed E-state index contributed by atoms with van der Waals surface area (Å²) in [7, 11) is 0. The Labute approximate surface area is 155 Å². The Hall–Kier alpha value is -2.51. The third kappa shape index (κ3) is 4.52. The van der Waals surface area contributed by atoms with E-state index in [0.29, 0.717) is 33.1 Å². The number of anilines is 4. The van der Waals surface area contributed by atoms with Gasteiger partial charge >= 0.3 is 0 Å². The van der Waals surface area contributed by atoms with Gasteiger partial charge in [-0.2, -0.15) is 0 Å². The summed E-state index contributed by atoms with van der Waals surface area (Å²) in [5.74, 6) is 1.04. The number of aromatic nitrogens is 4. The number of imidazole rings is 1. The molecule has 3 aromatic rings. The Morgan fingerprint density at radius 1 is 1.16 bits per heavy atom. The van der Waals surface area contributed by atoms with E-state index in [4.69, 9.17) is 28.9 Å². The molecule has 4 N–H and O–H groups in total. The second kappa shape index (κ2) is 8.04. The average Bonchev–Trinajstić information content (AvgIpc) is 3.11. The highest BCUT2D eigenvalue weighted by atomic mass is 35.5. The van der Waals surface area contributed by atoms with Crippen molar-refractivity contribution < 1.29 is 0 Å². The van der Waals surface area contributed by atoms with Gasteiger partial charge in [0.2, 0.25) is 0 Å². The number of nitrogen functional groups attached to an aromatic ring is 1. The maximum atomic E-state index is 6.16. The minimum atomic E-state index is 0.418. The first-order chi connectivity index (χ1) is 12.1. The topological polar surface area (TPSA) is 93.7 Å². The number of rotatable bonds is 7. The van der Waals surface area contributed by atoms with Crippen molar-refractivity contribution in [1.82, 2.24) is 19.5 Å². The molecule has 130 valence electrons. The third-order valence-electron chi connectivity index (χ3n) is 3.51. The zero-order chi connectivity index (χ0) is 17.6. The fourth-order valence-electron chi connectivity index (χ4n) is 2.24. The van der Waals surface area contributed by atoms with Crippen molar-refractivity contribution in [2.75, 3.05) is 22.9 Å². The van der Waals surface area contributed by atoms with Gasteiger partial charge in [0.1, 0.15) is 12.0 Å². The Kier molecular flexibility index (Phi) is 5.57. The first-order valence-electron chi connectivity index (χ1n) is 7.65. The Morgan fingerprint density at radius 2 is 2.00 bits per heavy atom. The number of nitrogens with zero attached hydrogens (tertiary/aromatic N) is 4. The fraction of sp³-hybridized carbons (Fsp3) is 0.188. The van der Waals surface area contributed by atoms with Crippen LogP contribution < -0.4 is 16.4 Å². The van der Waals surface area contributed by atoms with E-state index in [9.17, 15) is 0 Å². The molecule has 0 aliphatic carbocycles. The van der Waals surface area contributed by atoms with Crippen molar-refractivity contribution in [2.45, 2.75) is 13.0 Å². The molecule has 0 aliphatic heterocycles. The summed E-state index contributed by atoms with van der Waals surface area (Å²) >= 11 is 12.2. The standard InChI is InChI=1S/C16H17Cl2N7/c17-11-2-3-12(18)13(8-11)24-16-14(19)15(22-9-23-16)21-4-1-6-25-7-5-20-10-25/h2-3,5,7-10H,1,4,6,19H2,(H2,21,22,23,24). The second-order valence-electron chi connectivity index (χ2n) is 5.31. The lowest BCUT2D eigenvalue weighted by Gasteiger charge is -2.13. The van der Waals surface area contributed by atoms with Gasteiger partial charge in [-0.1, -0.05) is 23.2 Å². The molecular weight excluding hydrogens is 361 g/mol. The smallest absolute Gasteiger partial charge is 0.159 e. The van der Waals surface area contributed by atoms with Crippen LogP contribution in [0.3, 0.4) is 0 Å². The van der Waals surface area contributed by atoms with Crippen LogP contribution in [0.1, 0.15) is 6.42 Å². The molecule has 0 saturated carbocycles. The van der Waals surface area contributed by atoms with E-state index in [1.165, 1.54) is 6.33 Å². The van der Waals surface area contributed by atoms with E-state index in [-0.39, 0.29) is 0 Å². The molecule has 25 heavy (non-hydrogen) atoms. The molecule has 2 aromatic heterocycles. The average molecular weight is 378 g/mol. The van der Waals surface area contributed by atoms with E-state index in [0.717, 1.165) is 19.5 Å². The summed E-state index contributed by atoms with van der Waals surface area (Å²) in [6.45, 7) is 1.58.